The summed E-state index contributed by atoms with van der Waals surface area (Å²) in [5.41, 5.74) is 4.94. The molecule has 2 heterocycles. The van der Waals surface area contributed by atoms with E-state index in [0.29, 0.717) is 40.8 Å². The Hall–Kier alpha value is -3.75. The van der Waals surface area contributed by atoms with E-state index >= 15 is 0 Å². The second-order valence-corrected chi connectivity index (χ2v) is 8.88. The third-order valence-corrected chi connectivity index (χ3v) is 6.63. The first-order valence-corrected chi connectivity index (χ1v) is 12.0. The van der Waals surface area contributed by atoms with E-state index in [4.69, 9.17) is 17.0 Å². The summed E-state index contributed by atoms with van der Waals surface area (Å²) < 4.78 is 6.93. The molecule has 4 aromatic rings. The smallest absolute Gasteiger partial charge is 0.262 e. The summed E-state index contributed by atoms with van der Waals surface area (Å²) in [5.74, 6) is -0.254. The SMILES string of the molecule is COCCCn1c(=S)[nH]c2cc(C(=O)Nc3ccccc3N3CCc4ccccc43)ccc2c1=O. The molecule has 1 aliphatic rings. The van der Waals surface area contributed by atoms with Gasteiger partial charge in [-0.1, -0.05) is 30.3 Å². The molecule has 1 aromatic heterocycles. The summed E-state index contributed by atoms with van der Waals surface area (Å²) in [5, 5.41) is 3.54. The van der Waals surface area contributed by atoms with Gasteiger partial charge in [0.15, 0.2) is 4.77 Å². The van der Waals surface area contributed by atoms with Gasteiger partial charge in [-0.05, 0) is 67.0 Å². The van der Waals surface area contributed by atoms with Gasteiger partial charge < -0.3 is 19.9 Å². The predicted octanol–water partition coefficient (Wildman–Crippen LogP) is 5.04. The van der Waals surface area contributed by atoms with Crippen LogP contribution in [0.2, 0.25) is 0 Å². The lowest BCUT2D eigenvalue weighted by atomic mass is 10.1. The lowest BCUT2D eigenvalue weighted by Gasteiger charge is -2.23. The number of hydrogen-bond donors (Lipinski definition) is 2. The average molecular weight is 487 g/mol. The molecular weight excluding hydrogens is 460 g/mol. The van der Waals surface area contributed by atoms with Crippen LogP contribution in [0.5, 0.6) is 0 Å². The van der Waals surface area contributed by atoms with Gasteiger partial charge in [0.25, 0.3) is 11.5 Å². The summed E-state index contributed by atoms with van der Waals surface area (Å²) in [4.78, 5) is 31.5. The average Bonchev–Trinajstić information content (AvgIpc) is 3.30. The Bertz CT molecular complexity index is 1530. The Labute approximate surface area is 208 Å². The number of hydrogen-bond acceptors (Lipinski definition) is 5. The van der Waals surface area contributed by atoms with Crippen molar-refractivity contribution < 1.29 is 9.53 Å². The number of nitrogens with zero attached hydrogens (tertiary/aromatic N) is 2. The molecule has 0 saturated heterocycles. The summed E-state index contributed by atoms with van der Waals surface area (Å²) in [6, 6.07) is 21.1. The molecule has 0 radical (unpaired) electrons. The van der Waals surface area contributed by atoms with Crippen molar-refractivity contribution in [3.8, 4) is 0 Å². The second kappa shape index (κ2) is 9.85. The number of aromatic nitrogens is 2. The van der Waals surface area contributed by atoms with Crippen molar-refractivity contribution in [3.05, 3.63) is 93.0 Å². The zero-order chi connectivity index (χ0) is 24.4. The molecule has 35 heavy (non-hydrogen) atoms. The van der Waals surface area contributed by atoms with Gasteiger partial charge in [-0.2, -0.15) is 0 Å². The van der Waals surface area contributed by atoms with Crippen LogP contribution in [0.1, 0.15) is 22.3 Å². The molecule has 0 bridgehead atoms. The largest absolute Gasteiger partial charge is 0.385 e. The van der Waals surface area contributed by atoms with Gasteiger partial charge in [0.05, 0.1) is 22.3 Å². The molecule has 0 fully saturated rings. The molecule has 7 nitrogen and oxygen atoms in total. The molecule has 3 aromatic carbocycles. The minimum atomic E-state index is -0.254. The van der Waals surface area contributed by atoms with Crippen LogP contribution in [-0.2, 0) is 17.7 Å². The van der Waals surface area contributed by atoms with E-state index in [1.807, 2.05) is 30.3 Å². The number of aromatic amines is 1. The quantitative estimate of drug-likeness (QED) is 0.283. The molecule has 1 aliphatic heterocycles. The number of rotatable bonds is 7. The molecule has 0 atom stereocenters. The van der Waals surface area contributed by atoms with Gasteiger partial charge in [0, 0.05) is 38.1 Å². The van der Waals surface area contributed by atoms with E-state index in [1.165, 1.54) is 10.1 Å². The molecule has 8 heteroatoms. The molecule has 2 N–H and O–H groups in total. The van der Waals surface area contributed by atoms with Crippen LogP contribution in [0.3, 0.4) is 0 Å². The van der Waals surface area contributed by atoms with Gasteiger partial charge in [0.2, 0.25) is 0 Å². The third-order valence-electron chi connectivity index (χ3n) is 6.30. The van der Waals surface area contributed by atoms with Crippen LogP contribution in [0, 0.1) is 4.77 Å². The fourth-order valence-electron chi connectivity index (χ4n) is 4.56. The highest BCUT2D eigenvalue weighted by molar-refractivity contribution is 7.71. The predicted molar refractivity (Wildman–Crippen MR) is 141 cm³/mol. The number of ether oxygens (including phenoxy) is 1. The lowest BCUT2D eigenvalue weighted by molar-refractivity contribution is 0.102. The Morgan fingerprint density at radius 1 is 1.09 bits per heavy atom. The monoisotopic (exact) mass is 486 g/mol. The van der Waals surface area contributed by atoms with Crippen molar-refractivity contribution in [3.63, 3.8) is 0 Å². The minimum absolute atomic E-state index is 0.176. The summed E-state index contributed by atoms with van der Waals surface area (Å²) >= 11 is 5.40. The fraction of sp³-hybridized carbons (Fsp3) is 0.222. The number of anilines is 3. The van der Waals surface area contributed by atoms with Crippen LogP contribution in [0.15, 0.2) is 71.5 Å². The molecule has 0 aliphatic carbocycles. The van der Waals surface area contributed by atoms with Crippen molar-refractivity contribution in [1.29, 1.82) is 0 Å². The standard InChI is InChI=1S/C27H26N4O3S/c1-34-16-6-14-31-26(33)20-12-11-19(17-22(20)29-27(31)35)25(32)28-21-8-3-5-10-24(21)30-15-13-18-7-2-4-9-23(18)30/h2-5,7-12,17H,6,13-16H2,1H3,(H,28,32)(H,29,35). The highest BCUT2D eigenvalue weighted by Gasteiger charge is 2.22. The molecule has 5 rings (SSSR count). The van der Waals surface area contributed by atoms with Gasteiger partial charge in [-0.25, -0.2) is 0 Å². The first-order chi connectivity index (χ1) is 17.1. The summed E-state index contributed by atoms with van der Waals surface area (Å²) in [7, 11) is 1.62. The topological polar surface area (TPSA) is 79.4 Å². The Morgan fingerprint density at radius 3 is 2.69 bits per heavy atom. The number of carbonyl (C=O) groups excluding carboxylic acids is 1. The van der Waals surface area contributed by atoms with E-state index in [1.54, 1.807) is 25.3 Å². The first kappa shape index (κ1) is 23.0. The third kappa shape index (κ3) is 4.50. The van der Waals surface area contributed by atoms with Gasteiger partial charge in [-0.3, -0.25) is 14.2 Å². The fourth-order valence-corrected chi connectivity index (χ4v) is 4.85. The highest BCUT2D eigenvalue weighted by atomic mass is 32.1. The summed E-state index contributed by atoms with van der Waals surface area (Å²) in [6.45, 7) is 1.87. The number of amides is 1. The number of carbonyl (C=O) groups is 1. The molecule has 0 spiro atoms. The number of methoxy groups -OCH3 is 1. The highest BCUT2D eigenvalue weighted by Crippen LogP contribution is 2.38. The maximum absolute atomic E-state index is 13.2. The molecular formula is C27H26N4O3S. The van der Waals surface area contributed by atoms with Crippen LogP contribution in [-0.4, -0.2) is 35.7 Å². The Kier molecular flexibility index (Phi) is 6.48. The van der Waals surface area contributed by atoms with E-state index in [2.05, 4.69) is 33.4 Å². The van der Waals surface area contributed by atoms with Gasteiger partial charge in [-0.15, -0.1) is 0 Å². The van der Waals surface area contributed by atoms with E-state index in [-0.39, 0.29) is 11.5 Å². The molecule has 0 saturated carbocycles. The van der Waals surface area contributed by atoms with Crippen molar-refractivity contribution in [2.45, 2.75) is 19.4 Å². The van der Waals surface area contributed by atoms with Crippen molar-refractivity contribution >= 4 is 46.1 Å². The molecule has 1 amide bonds. The normalized spacial score (nSPS) is 12.7. The van der Waals surface area contributed by atoms with Crippen molar-refractivity contribution in [2.24, 2.45) is 0 Å². The van der Waals surface area contributed by atoms with E-state index in [9.17, 15) is 9.59 Å². The number of nitrogens with one attached hydrogen (secondary N) is 2. The van der Waals surface area contributed by atoms with Gasteiger partial charge in [0.1, 0.15) is 0 Å². The zero-order valence-electron chi connectivity index (χ0n) is 19.4. The first-order valence-electron chi connectivity index (χ1n) is 11.6. The maximum atomic E-state index is 13.2. The minimum Gasteiger partial charge on any atom is -0.385 e. The van der Waals surface area contributed by atoms with Gasteiger partial charge >= 0.3 is 0 Å². The Balaban J connectivity index is 1.43. The van der Waals surface area contributed by atoms with E-state index in [0.717, 1.165) is 30.0 Å². The molecule has 0 unspecified atom stereocenters. The van der Waals surface area contributed by atoms with Crippen molar-refractivity contribution in [2.75, 3.05) is 30.5 Å². The van der Waals surface area contributed by atoms with Crippen LogP contribution >= 0.6 is 12.2 Å². The van der Waals surface area contributed by atoms with Crippen LogP contribution < -0.4 is 15.8 Å². The number of H-pyrrole nitrogens is 1. The maximum Gasteiger partial charge on any atom is 0.262 e. The zero-order valence-corrected chi connectivity index (χ0v) is 20.2. The lowest BCUT2D eigenvalue weighted by Crippen LogP contribution is -2.23. The second-order valence-electron chi connectivity index (χ2n) is 8.50. The summed E-state index contributed by atoms with van der Waals surface area (Å²) in [6.07, 6.45) is 1.64. The van der Waals surface area contributed by atoms with Crippen LogP contribution in [0.25, 0.3) is 10.9 Å². The number of para-hydroxylation sites is 3. The van der Waals surface area contributed by atoms with E-state index < -0.39 is 0 Å². The Morgan fingerprint density at radius 2 is 1.86 bits per heavy atom. The molecule has 178 valence electrons. The van der Waals surface area contributed by atoms with Crippen LogP contribution in [0.4, 0.5) is 17.1 Å². The number of fused-ring (bicyclic) bond motifs is 2. The number of benzene rings is 3. The van der Waals surface area contributed by atoms with Crippen molar-refractivity contribution in [1.82, 2.24) is 9.55 Å².